The van der Waals surface area contributed by atoms with Crippen molar-refractivity contribution in [3.05, 3.63) is 51.6 Å². The first-order chi connectivity index (χ1) is 14.1. The summed E-state index contributed by atoms with van der Waals surface area (Å²) in [4.78, 5) is 13.4. The van der Waals surface area contributed by atoms with E-state index in [1.54, 1.807) is 0 Å². The maximum atomic E-state index is 13.4. The Morgan fingerprint density at radius 2 is 1.42 bits per heavy atom. The number of carbonyl (C=O) groups excluding carboxylic acids is 1. The molecular weight excluding hydrogens is 380 g/mol. The summed E-state index contributed by atoms with van der Waals surface area (Å²) >= 11 is 0. The van der Waals surface area contributed by atoms with Gasteiger partial charge in [0.1, 0.15) is 5.75 Å². The molecule has 1 aromatic rings. The second kappa shape index (κ2) is 7.94. The van der Waals surface area contributed by atoms with Crippen LogP contribution in [0.1, 0.15) is 105 Å². The van der Waals surface area contributed by atoms with Gasteiger partial charge in [-0.2, -0.15) is 0 Å². The van der Waals surface area contributed by atoms with Crippen LogP contribution >= 0.6 is 0 Å². The molecule has 1 N–H and O–H groups in total. The Hall–Kier alpha value is -1.83. The van der Waals surface area contributed by atoms with Crippen molar-refractivity contribution < 1.29 is 9.90 Å². The zero-order chi connectivity index (χ0) is 23.4. The fourth-order valence-electron chi connectivity index (χ4n) is 4.65. The Bertz CT molecular complexity index is 897. The number of phenols is 1. The Balaban J connectivity index is 1.86. The van der Waals surface area contributed by atoms with E-state index >= 15 is 0 Å². The van der Waals surface area contributed by atoms with Crippen molar-refractivity contribution in [2.24, 2.45) is 11.3 Å². The number of aromatic hydroxyl groups is 1. The smallest absolute Gasteiger partial charge is 0.159 e. The third-order valence-electron chi connectivity index (χ3n) is 6.71. The van der Waals surface area contributed by atoms with E-state index in [-0.39, 0.29) is 16.2 Å². The Kier molecular flexibility index (Phi) is 6.10. The Labute approximate surface area is 189 Å². The van der Waals surface area contributed by atoms with Gasteiger partial charge in [0.15, 0.2) is 5.78 Å². The molecule has 3 rings (SSSR count). The van der Waals surface area contributed by atoms with Crippen LogP contribution in [0.2, 0.25) is 0 Å². The van der Waals surface area contributed by atoms with Gasteiger partial charge < -0.3 is 5.11 Å². The molecule has 0 bridgehead atoms. The van der Waals surface area contributed by atoms with Gasteiger partial charge >= 0.3 is 0 Å². The van der Waals surface area contributed by atoms with Crippen LogP contribution in [0.5, 0.6) is 5.75 Å². The van der Waals surface area contributed by atoms with E-state index in [2.05, 4.69) is 80.5 Å². The lowest BCUT2D eigenvalue weighted by Crippen LogP contribution is -2.18. The van der Waals surface area contributed by atoms with E-state index in [4.69, 9.17) is 0 Å². The number of ketones is 1. The molecule has 2 heteroatoms. The highest BCUT2D eigenvalue weighted by Gasteiger charge is 2.35. The SMILES string of the molecule is CC(C)(C)C1=C(C(=O)CCc2cc(C(C)(C)C)c(O)c(C(C)(C)C)c2)CC(C2CC2)=C1. The molecule has 0 saturated heterocycles. The van der Waals surface area contributed by atoms with Gasteiger partial charge in [0, 0.05) is 12.0 Å². The number of allylic oxidation sites excluding steroid dienone is 4. The van der Waals surface area contributed by atoms with Crippen LogP contribution in [0.25, 0.3) is 0 Å². The molecule has 2 aliphatic carbocycles. The van der Waals surface area contributed by atoms with Crippen molar-refractivity contribution in [2.75, 3.05) is 0 Å². The molecule has 0 radical (unpaired) electrons. The van der Waals surface area contributed by atoms with Crippen LogP contribution < -0.4 is 0 Å². The van der Waals surface area contributed by atoms with Gasteiger partial charge in [-0.05, 0) is 70.1 Å². The summed E-state index contributed by atoms with van der Waals surface area (Å²) < 4.78 is 0. The van der Waals surface area contributed by atoms with Crippen molar-refractivity contribution in [3.8, 4) is 5.75 Å². The first-order valence-electron chi connectivity index (χ1n) is 11.9. The molecule has 0 heterocycles. The predicted octanol–water partition coefficient (Wildman–Crippen LogP) is 7.57. The van der Waals surface area contributed by atoms with E-state index < -0.39 is 0 Å². The van der Waals surface area contributed by atoms with Crippen LogP contribution in [-0.2, 0) is 22.0 Å². The van der Waals surface area contributed by atoms with Gasteiger partial charge in [-0.15, -0.1) is 0 Å². The molecule has 2 aliphatic rings. The van der Waals surface area contributed by atoms with Crippen LogP contribution in [0.4, 0.5) is 0 Å². The Morgan fingerprint density at radius 1 is 0.903 bits per heavy atom. The number of aryl methyl sites for hydroxylation is 1. The summed E-state index contributed by atoms with van der Waals surface area (Å²) in [6.07, 6.45) is 6.99. The summed E-state index contributed by atoms with van der Waals surface area (Å²) in [5.41, 5.74) is 6.54. The molecule has 0 unspecified atom stereocenters. The zero-order valence-electron chi connectivity index (χ0n) is 21.2. The van der Waals surface area contributed by atoms with Gasteiger partial charge in [-0.3, -0.25) is 4.79 Å². The van der Waals surface area contributed by atoms with E-state index in [1.807, 2.05) is 0 Å². The lowest BCUT2D eigenvalue weighted by Gasteiger charge is -2.28. The maximum Gasteiger partial charge on any atom is 0.159 e. The van der Waals surface area contributed by atoms with Crippen molar-refractivity contribution in [1.82, 2.24) is 0 Å². The van der Waals surface area contributed by atoms with E-state index in [1.165, 1.54) is 24.0 Å². The first-order valence-corrected chi connectivity index (χ1v) is 11.9. The summed E-state index contributed by atoms with van der Waals surface area (Å²) in [6, 6.07) is 4.22. The third kappa shape index (κ3) is 5.33. The minimum atomic E-state index is -0.152. The lowest BCUT2D eigenvalue weighted by atomic mass is 9.78. The van der Waals surface area contributed by atoms with Gasteiger partial charge in [0.05, 0.1) is 0 Å². The van der Waals surface area contributed by atoms with E-state index in [9.17, 15) is 9.90 Å². The molecule has 31 heavy (non-hydrogen) atoms. The summed E-state index contributed by atoms with van der Waals surface area (Å²) in [6.45, 7) is 19.4. The van der Waals surface area contributed by atoms with Gasteiger partial charge in [-0.1, -0.05) is 86.1 Å². The molecule has 170 valence electrons. The molecular formula is C29H42O2. The third-order valence-corrected chi connectivity index (χ3v) is 6.71. The molecule has 1 aromatic carbocycles. The molecule has 0 spiro atoms. The van der Waals surface area contributed by atoms with Gasteiger partial charge in [0.25, 0.3) is 0 Å². The molecule has 0 aliphatic heterocycles. The molecule has 0 amide bonds. The molecule has 2 nitrogen and oxygen atoms in total. The van der Waals surface area contributed by atoms with E-state index in [0.717, 1.165) is 28.7 Å². The number of rotatable bonds is 5. The summed E-state index contributed by atoms with van der Waals surface area (Å²) in [5.74, 6) is 1.41. The molecule has 1 saturated carbocycles. The predicted molar refractivity (Wildman–Crippen MR) is 131 cm³/mol. The number of benzene rings is 1. The minimum Gasteiger partial charge on any atom is -0.507 e. The highest BCUT2D eigenvalue weighted by Crippen LogP contribution is 2.47. The van der Waals surface area contributed by atoms with Crippen molar-refractivity contribution in [1.29, 1.82) is 0 Å². The van der Waals surface area contributed by atoms with Crippen LogP contribution in [-0.4, -0.2) is 10.9 Å². The normalized spacial score (nSPS) is 17.9. The summed E-state index contributed by atoms with van der Waals surface area (Å²) in [7, 11) is 0. The van der Waals surface area contributed by atoms with Crippen molar-refractivity contribution in [2.45, 2.75) is 105 Å². The number of hydrogen-bond donors (Lipinski definition) is 1. The summed E-state index contributed by atoms with van der Waals surface area (Å²) in [5, 5.41) is 11.0. The quantitative estimate of drug-likeness (QED) is 0.531. The Morgan fingerprint density at radius 3 is 1.84 bits per heavy atom. The second-order valence-corrected chi connectivity index (χ2v) is 12.8. The monoisotopic (exact) mass is 422 g/mol. The molecule has 1 fully saturated rings. The maximum absolute atomic E-state index is 13.4. The van der Waals surface area contributed by atoms with Crippen molar-refractivity contribution in [3.63, 3.8) is 0 Å². The van der Waals surface area contributed by atoms with Crippen LogP contribution in [0.15, 0.2) is 34.9 Å². The van der Waals surface area contributed by atoms with Gasteiger partial charge in [-0.25, -0.2) is 0 Å². The van der Waals surface area contributed by atoms with E-state index in [0.29, 0.717) is 30.3 Å². The van der Waals surface area contributed by atoms with Crippen LogP contribution in [0, 0.1) is 11.3 Å². The zero-order valence-corrected chi connectivity index (χ0v) is 21.2. The highest BCUT2D eigenvalue weighted by molar-refractivity contribution is 5.98. The number of phenolic OH excluding ortho intramolecular Hbond substituents is 1. The minimum absolute atomic E-state index is 0.00101. The fourth-order valence-corrected chi connectivity index (χ4v) is 4.65. The van der Waals surface area contributed by atoms with Gasteiger partial charge in [0.2, 0.25) is 0 Å². The second-order valence-electron chi connectivity index (χ2n) is 12.8. The topological polar surface area (TPSA) is 37.3 Å². The lowest BCUT2D eigenvalue weighted by molar-refractivity contribution is -0.115. The van der Waals surface area contributed by atoms with Crippen LogP contribution in [0.3, 0.4) is 0 Å². The largest absolute Gasteiger partial charge is 0.507 e. The molecule has 0 atom stereocenters. The average molecular weight is 423 g/mol. The standard InChI is InChI=1S/C29H42O2/c1-27(2,3)22-17-20(19-11-12-19)16-21(22)25(30)13-10-18-14-23(28(4,5)6)26(31)24(15-18)29(7,8)9/h14-15,17,19,31H,10-13,16H2,1-9H3. The average Bonchev–Trinajstić information content (AvgIpc) is 3.35. The highest BCUT2D eigenvalue weighted by atomic mass is 16.3. The fraction of sp³-hybridized carbons (Fsp3) is 0.621. The molecule has 0 aromatic heterocycles. The first kappa shape index (κ1) is 23.8. The van der Waals surface area contributed by atoms with Crippen molar-refractivity contribution >= 4 is 5.78 Å². The number of Topliss-reactive ketones (excluding diaryl/α,β-unsaturated/α-hetero) is 1. The number of carbonyl (C=O) groups is 1. The number of hydrogen-bond acceptors (Lipinski definition) is 2.